The normalized spacial score (nSPS) is 10.5. The van der Waals surface area contributed by atoms with Crippen LogP contribution in [0.3, 0.4) is 0 Å². The second-order valence-electron chi connectivity index (χ2n) is 4.99. The second kappa shape index (κ2) is 15.4. The van der Waals surface area contributed by atoms with E-state index >= 15 is 0 Å². The van der Waals surface area contributed by atoms with E-state index < -0.39 is 0 Å². The van der Waals surface area contributed by atoms with Crippen LogP contribution in [-0.2, 0) is 0 Å². The zero-order chi connectivity index (χ0) is 11.4. The van der Waals surface area contributed by atoms with E-state index in [0.717, 1.165) is 0 Å². The van der Waals surface area contributed by atoms with Gasteiger partial charge in [-0.1, -0.05) is 64.7 Å². The standard InChI is InChI=1S/C14H31N.H3P/c1-4-5-6-7-8-9-10-11-12-13-14-15(2)3;/h4-14H2,1-3H3;1H3. The minimum atomic E-state index is 0. The van der Waals surface area contributed by atoms with E-state index in [1.54, 1.807) is 0 Å². The van der Waals surface area contributed by atoms with Gasteiger partial charge in [0.25, 0.3) is 0 Å². The Labute approximate surface area is 107 Å². The fourth-order valence-corrected chi connectivity index (χ4v) is 1.92. The lowest BCUT2D eigenvalue weighted by Gasteiger charge is -2.08. The van der Waals surface area contributed by atoms with Crippen LogP contribution in [0.15, 0.2) is 0 Å². The van der Waals surface area contributed by atoms with Crippen LogP contribution in [0.5, 0.6) is 0 Å². The zero-order valence-corrected chi connectivity index (χ0v) is 13.3. The Bertz CT molecular complexity index is 115. The van der Waals surface area contributed by atoms with E-state index in [2.05, 4.69) is 25.9 Å². The van der Waals surface area contributed by atoms with Crippen LogP contribution in [0.25, 0.3) is 0 Å². The summed E-state index contributed by atoms with van der Waals surface area (Å²) in [6.07, 6.45) is 14.4. The van der Waals surface area contributed by atoms with Gasteiger partial charge in [0, 0.05) is 0 Å². The summed E-state index contributed by atoms with van der Waals surface area (Å²) in [5, 5.41) is 0. The van der Waals surface area contributed by atoms with Crippen molar-refractivity contribution in [3.05, 3.63) is 0 Å². The average Bonchev–Trinajstić information content (AvgIpc) is 2.20. The molecule has 2 heteroatoms. The molecule has 0 bridgehead atoms. The monoisotopic (exact) mass is 247 g/mol. The lowest BCUT2D eigenvalue weighted by molar-refractivity contribution is 0.389. The third-order valence-electron chi connectivity index (χ3n) is 2.96. The number of hydrogen-bond acceptors (Lipinski definition) is 1. The Morgan fingerprint density at radius 3 is 1.38 bits per heavy atom. The van der Waals surface area contributed by atoms with Crippen molar-refractivity contribution in [1.82, 2.24) is 4.90 Å². The molecule has 0 heterocycles. The highest BCUT2D eigenvalue weighted by atomic mass is 31.0. The van der Waals surface area contributed by atoms with E-state index in [1.807, 2.05) is 0 Å². The van der Waals surface area contributed by atoms with E-state index in [0.29, 0.717) is 0 Å². The highest BCUT2D eigenvalue weighted by Crippen LogP contribution is 2.10. The second-order valence-corrected chi connectivity index (χ2v) is 4.99. The number of unbranched alkanes of at least 4 members (excludes halogenated alkanes) is 9. The molecule has 0 aliphatic carbocycles. The molecule has 0 rings (SSSR count). The number of nitrogens with zero attached hydrogens (tertiary/aromatic N) is 1. The highest BCUT2D eigenvalue weighted by Gasteiger charge is 1.93. The summed E-state index contributed by atoms with van der Waals surface area (Å²) < 4.78 is 0. The third kappa shape index (κ3) is 16.8. The van der Waals surface area contributed by atoms with E-state index in [1.165, 1.54) is 70.8 Å². The molecule has 16 heavy (non-hydrogen) atoms. The molecule has 0 aliphatic heterocycles. The van der Waals surface area contributed by atoms with Gasteiger partial charge in [-0.2, -0.15) is 9.90 Å². The molecule has 0 spiro atoms. The summed E-state index contributed by atoms with van der Waals surface area (Å²) in [6, 6.07) is 0. The minimum absolute atomic E-state index is 0. The lowest BCUT2D eigenvalue weighted by atomic mass is 10.1. The quantitative estimate of drug-likeness (QED) is 0.383. The van der Waals surface area contributed by atoms with Crippen LogP contribution in [-0.4, -0.2) is 25.5 Å². The van der Waals surface area contributed by atoms with Gasteiger partial charge in [0.2, 0.25) is 0 Å². The first-order valence-corrected chi connectivity index (χ1v) is 6.92. The molecule has 0 amide bonds. The van der Waals surface area contributed by atoms with Crippen molar-refractivity contribution in [2.45, 2.75) is 71.1 Å². The van der Waals surface area contributed by atoms with Crippen molar-refractivity contribution in [3.8, 4) is 0 Å². The van der Waals surface area contributed by atoms with Gasteiger partial charge in [-0.05, 0) is 27.1 Å². The fraction of sp³-hybridized carbons (Fsp3) is 1.00. The molecular weight excluding hydrogens is 213 g/mol. The predicted molar refractivity (Wildman–Crippen MR) is 81.5 cm³/mol. The summed E-state index contributed by atoms with van der Waals surface area (Å²) in [6.45, 7) is 3.54. The van der Waals surface area contributed by atoms with Crippen molar-refractivity contribution < 1.29 is 0 Å². The summed E-state index contributed by atoms with van der Waals surface area (Å²) in [5.41, 5.74) is 0. The first-order chi connectivity index (χ1) is 7.27. The maximum Gasteiger partial charge on any atom is -0.00248 e. The highest BCUT2D eigenvalue weighted by molar-refractivity contribution is 6.92. The minimum Gasteiger partial charge on any atom is -0.309 e. The predicted octanol–water partition coefficient (Wildman–Crippen LogP) is 4.53. The molecule has 100 valence electrons. The van der Waals surface area contributed by atoms with Crippen LogP contribution in [0.4, 0.5) is 0 Å². The molecule has 0 aromatic heterocycles. The molecule has 0 fully saturated rings. The first-order valence-electron chi connectivity index (χ1n) is 6.92. The average molecular weight is 247 g/mol. The molecule has 1 nitrogen and oxygen atoms in total. The first kappa shape index (κ1) is 18.7. The van der Waals surface area contributed by atoms with E-state index in [9.17, 15) is 0 Å². The molecule has 1 unspecified atom stereocenters. The smallest absolute Gasteiger partial charge is 0.00248 e. The van der Waals surface area contributed by atoms with E-state index in [-0.39, 0.29) is 9.90 Å². The van der Waals surface area contributed by atoms with Crippen molar-refractivity contribution in [1.29, 1.82) is 0 Å². The molecule has 1 atom stereocenters. The van der Waals surface area contributed by atoms with Gasteiger partial charge >= 0.3 is 0 Å². The van der Waals surface area contributed by atoms with E-state index in [4.69, 9.17) is 0 Å². The largest absolute Gasteiger partial charge is 0.309 e. The Kier molecular flexibility index (Phi) is 18.0. The third-order valence-corrected chi connectivity index (χ3v) is 2.96. The van der Waals surface area contributed by atoms with Crippen molar-refractivity contribution in [2.24, 2.45) is 0 Å². The molecule has 0 aromatic carbocycles. The Morgan fingerprint density at radius 2 is 1.00 bits per heavy atom. The fourth-order valence-electron chi connectivity index (χ4n) is 1.92. The summed E-state index contributed by atoms with van der Waals surface area (Å²) in [4.78, 5) is 2.28. The Balaban J connectivity index is 0. The molecule has 0 saturated heterocycles. The van der Waals surface area contributed by atoms with Crippen molar-refractivity contribution in [3.63, 3.8) is 0 Å². The van der Waals surface area contributed by atoms with Gasteiger partial charge < -0.3 is 4.90 Å². The van der Waals surface area contributed by atoms with Gasteiger partial charge in [-0.3, -0.25) is 0 Å². The zero-order valence-electron chi connectivity index (χ0n) is 11.9. The Hall–Kier alpha value is 0.390. The number of rotatable bonds is 11. The van der Waals surface area contributed by atoms with Gasteiger partial charge in [-0.25, -0.2) is 0 Å². The Morgan fingerprint density at radius 1 is 0.625 bits per heavy atom. The van der Waals surface area contributed by atoms with Crippen LogP contribution >= 0.6 is 9.90 Å². The SMILES string of the molecule is CCCCCCCCCCCCN(C)C.P. The van der Waals surface area contributed by atoms with Crippen molar-refractivity contribution in [2.75, 3.05) is 20.6 Å². The molecule has 0 radical (unpaired) electrons. The molecular formula is C14H34NP. The van der Waals surface area contributed by atoms with Gasteiger partial charge in [0.05, 0.1) is 0 Å². The lowest BCUT2D eigenvalue weighted by Crippen LogP contribution is -2.12. The van der Waals surface area contributed by atoms with Gasteiger partial charge in [0.1, 0.15) is 0 Å². The van der Waals surface area contributed by atoms with Gasteiger partial charge in [0.15, 0.2) is 0 Å². The van der Waals surface area contributed by atoms with Crippen molar-refractivity contribution >= 4 is 9.90 Å². The topological polar surface area (TPSA) is 3.24 Å². The maximum atomic E-state index is 2.28. The van der Waals surface area contributed by atoms with Crippen LogP contribution in [0.1, 0.15) is 71.1 Å². The summed E-state index contributed by atoms with van der Waals surface area (Å²) in [7, 11) is 4.32. The molecule has 0 N–H and O–H groups in total. The van der Waals surface area contributed by atoms with Gasteiger partial charge in [-0.15, -0.1) is 0 Å². The van der Waals surface area contributed by atoms with Crippen LogP contribution in [0, 0.1) is 0 Å². The van der Waals surface area contributed by atoms with Crippen LogP contribution < -0.4 is 0 Å². The molecule has 0 saturated carbocycles. The van der Waals surface area contributed by atoms with Crippen LogP contribution in [0.2, 0.25) is 0 Å². The maximum absolute atomic E-state index is 2.28. The molecule has 0 aromatic rings. The molecule has 0 aliphatic rings. The summed E-state index contributed by atoms with van der Waals surface area (Å²) in [5.74, 6) is 0. The number of hydrogen-bond donors (Lipinski definition) is 0. The summed E-state index contributed by atoms with van der Waals surface area (Å²) >= 11 is 0.